The molecule has 1 aromatic rings. The van der Waals surface area contributed by atoms with E-state index in [1.165, 1.54) is 19.3 Å². The lowest BCUT2D eigenvalue weighted by Crippen LogP contribution is -2.21. The first-order valence-corrected chi connectivity index (χ1v) is 6.64. The number of rotatable bonds is 4. The number of methoxy groups -OCH3 is 1. The van der Waals surface area contributed by atoms with Crippen LogP contribution in [-0.4, -0.2) is 13.7 Å². The second-order valence-electron chi connectivity index (χ2n) is 4.15. The minimum atomic E-state index is 0.712. The Bertz CT molecular complexity index is 380. The van der Waals surface area contributed by atoms with Gasteiger partial charge in [-0.3, -0.25) is 0 Å². The quantitative estimate of drug-likeness (QED) is 0.894. The van der Waals surface area contributed by atoms with Gasteiger partial charge in [0.25, 0.3) is 0 Å². The van der Waals surface area contributed by atoms with Crippen LogP contribution in [0, 0.1) is 5.92 Å². The fourth-order valence-electron chi connectivity index (χ4n) is 1.85. The molecule has 1 saturated carbocycles. The molecule has 1 aromatic carbocycles. The predicted octanol–water partition coefficient (Wildman–Crippen LogP) is 4.32. The minimum absolute atomic E-state index is 0.712. The molecule has 0 aromatic heterocycles. The maximum absolute atomic E-state index is 6.02. The molecule has 88 valence electrons. The van der Waals surface area contributed by atoms with E-state index in [2.05, 4.69) is 21.2 Å². The summed E-state index contributed by atoms with van der Waals surface area (Å²) in [5.41, 5.74) is 0.966. The lowest BCUT2D eigenvalue weighted by molar-refractivity contribution is 0.332. The number of halogens is 2. The molecule has 16 heavy (non-hydrogen) atoms. The maximum atomic E-state index is 6.02. The molecule has 4 heteroatoms. The third kappa shape index (κ3) is 2.64. The van der Waals surface area contributed by atoms with E-state index in [1.54, 1.807) is 7.11 Å². The molecule has 0 spiro atoms. The van der Waals surface area contributed by atoms with Gasteiger partial charge in [0.15, 0.2) is 5.75 Å². The van der Waals surface area contributed by atoms with Gasteiger partial charge in [-0.2, -0.15) is 0 Å². The van der Waals surface area contributed by atoms with Gasteiger partial charge in [0.05, 0.1) is 17.3 Å². The lowest BCUT2D eigenvalue weighted by atomic mass is 9.85. The van der Waals surface area contributed by atoms with Crippen LogP contribution in [0.5, 0.6) is 5.75 Å². The highest BCUT2D eigenvalue weighted by Crippen LogP contribution is 2.37. The van der Waals surface area contributed by atoms with Crippen LogP contribution in [0.25, 0.3) is 0 Å². The molecule has 0 saturated heterocycles. The van der Waals surface area contributed by atoms with Crippen LogP contribution in [0.3, 0.4) is 0 Å². The average molecular weight is 305 g/mol. The molecular formula is C12H15BrClNO. The molecule has 0 heterocycles. The molecule has 0 radical (unpaired) electrons. The number of hydrogen-bond donors (Lipinski definition) is 1. The van der Waals surface area contributed by atoms with Crippen molar-refractivity contribution >= 4 is 33.2 Å². The zero-order valence-electron chi connectivity index (χ0n) is 9.22. The standard InChI is InChI=1S/C12H15BrClNO/c1-16-12-10(13)5-9(14)6-11(12)15-7-8-3-2-4-8/h5-6,8,15H,2-4,7H2,1H3. The van der Waals surface area contributed by atoms with Crippen molar-refractivity contribution in [3.05, 3.63) is 21.6 Å². The van der Waals surface area contributed by atoms with E-state index in [-0.39, 0.29) is 0 Å². The SMILES string of the molecule is COc1c(Br)cc(Cl)cc1NCC1CCC1. The summed E-state index contributed by atoms with van der Waals surface area (Å²) in [6.07, 6.45) is 4.02. The summed E-state index contributed by atoms with van der Waals surface area (Å²) in [7, 11) is 1.67. The van der Waals surface area contributed by atoms with Gasteiger partial charge in [0.2, 0.25) is 0 Å². The first-order valence-electron chi connectivity index (χ1n) is 5.47. The van der Waals surface area contributed by atoms with Crippen molar-refractivity contribution in [2.24, 2.45) is 5.92 Å². The monoisotopic (exact) mass is 303 g/mol. The van der Waals surface area contributed by atoms with Crippen LogP contribution in [0.1, 0.15) is 19.3 Å². The van der Waals surface area contributed by atoms with Gasteiger partial charge in [-0.05, 0) is 46.8 Å². The number of nitrogens with one attached hydrogen (secondary N) is 1. The molecule has 2 nitrogen and oxygen atoms in total. The predicted molar refractivity (Wildman–Crippen MR) is 71.5 cm³/mol. The van der Waals surface area contributed by atoms with Crippen molar-refractivity contribution in [1.29, 1.82) is 0 Å². The van der Waals surface area contributed by atoms with Crippen molar-refractivity contribution < 1.29 is 4.74 Å². The molecule has 0 bridgehead atoms. The highest BCUT2D eigenvalue weighted by Gasteiger charge is 2.18. The van der Waals surface area contributed by atoms with Crippen LogP contribution in [0.4, 0.5) is 5.69 Å². The van der Waals surface area contributed by atoms with Gasteiger partial charge in [0.1, 0.15) is 0 Å². The van der Waals surface area contributed by atoms with E-state index in [0.717, 1.165) is 28.4 Å². The lowest BCUT2D eigenvalue weighted by Gasteiger charge is -2.26. The summed E-state index contributed by atoms with van der Waals surface area (Å²) in [6.45, 7) is 1.00. The molecule has 0 amide bonds. The zero-order chi connectivity index (χ0) is 11.5. The number of anilines is 1. The number of ether oxygens (including phenoxy) is 1. The summed E-state index contributed by atoms with van der Waals surface area (Å²) >= 11 is 9.46. The van der Waals surface area contributed by atoms with Crippen molar-refractivity contribution in [3.8, 4) is 5.75 Å². The molecular weight excluding hydrogens is 289 g/mol. The van der Waals surface area contributed by atoms with E-state index in [0.29, 0.717) is 5.02 Å². The summed E-state index contributed by atoms with van der Waals surface area (Å²) in [6, 6.07) is 3.75. The molecule has 1 N–H and O–H groups in total. The van der Waals surface area contributed by atoms with Crippen molar-refractivity contribution in [3.63, 3.8) is 0 Å². The van der Waals surface area contributed by atoms with E-state index >= 15 is 0 Å². The Morgan fingerprint density at radius 1 is 1.50 bits per heavy atom. The van der Waals surface area contributed by atoms with Gasteiger partial charge < -0.3 is 10.1 Å². The Balaban J connectivity index is 2.10. The Labute approximate surface area is 109 Å². The summed E-state index contributed by atoms with van der Waals surface area (Å²) in [5.74, 6) is 1.63. The Hall–Kier alpha value is -0.410. The van der Waals surface area contributed by atoms with Crippen LogP contribution < -0.4 is 10.1 Å². The van der Waals surface area contributed by atoms with Gasteiger partial charge >= 0.3 is 0 Å². The second-order valence-corrected chi connectivity index (χ2v) is 5.44. The molecule has 0 atom stereocenters. The minimum Gasteiger partial charge on any atom is -0.493 e. The number of benzene rings is 1. The molecule has 0 unspecified atom stereocenters. The summed E-state index contributed by atoms with van der Waals surface area (Å²) in [5, 5.41) is 4.12. The third-order valence-corrected chi connectivity index (χ3v) is 3.83. The van der Waals surface area contributed by atoms with Crippen LogP contribution in [-0.2, 0) is 0 Å². The molecule has 1 aliphatic carbocycles. The van der Waals surface area contributed by atoms with Gasteiger partial charge in [-0.15, -0.1) is 0 Å². The van der Waals surface area contributed by atoms with Gasteiger partial charge in [-0.1, -0.05) is 18.0 Å². The largest absolute Gasteiger partial charge is 0.493 e. The first-order chi connectivity index (χ1) is 7.70. The summed E-state index contributed by atoms with van der Waals surface area (Å²) in [4.78, 5) is 0. The van der Waals surface area contributed by atoms with Crippen molar-refractivity contribution in [2.45, 2.75) is 19.3 Å². The number of hydrogen-bond acceptors (Lipinski definition) is 2. The second kappa shape index (κ2) is 5.28. The average Bonchev–Trinajstić information content (AvgIpc) is 2.14. The molecule has 1 aliphatic rings. The van der Waals surface area contributed by atoms with E-state index in [4.69, 9.17) is 16.3 Å². The highest BCUT2D eigenvalue weighted by molar-refractivity contribution is 9.10. The Morgan fingerprint density at radius 2 is 2.25 bits per heavy atom. The van der Waals surface area contributed by atoms with Crippen LogP contribution in [0.2, 0.25) is 5.02 Å². The molecule has 0 aliphatic heterocycles. The van der Waals surface area contributed by atoms with E-state index < -0.39 is 0 Å². The van der Waals surface area contributed by atoms with Gasteiger partial charge in [-0.25, -0.2) is 0 Å². The summed E-state index contributed by atoms with van der Waals surface area (Å²) < 4.78 is 6.23. The van der Waals surface area contributed by atoms with Gasteiger partial charge in [0, 0.05) is 11.6 Å². The topological polar surface area (TPSA) is 21.3 Å². The fourth-order valence-corrected chi connectivity index (χ4v) is 2.82. The van der Waals surface area contributed by atoms with E-state index in [1.807, 2.05) is 12.1 Å². The molecule has 1 fully saturated rings. The van der Waals surface area contributed by atoms with Crippen LogP contribution >= 0.6 is 27.5 Å². The first kappa shape index (κ1) is 12.1. The van der Waals surface area contributed by atoms with Crippen molar-refractivity contribution in [2.75, 3.05) is 19.0 Å². The molecule has 2 rings (SSSR count). The Kier molecular flexibility index (Phi) is 3.98. The zero-order valence-corrected chi connectivity index (χ0v) is 11.6. The third-order valence-electron chi connectivity index (χ3n) is 3.02. The van der Waals surface area contributed by atoms with E-state index in [9.17, 15) is 0 Å². The smallest absolute Gasteiger partial charge is 0.156 e. The van der Waals surface area contributed by atoms with Crippen molar-refractivity contribution in [1.82, 2.24) is 0 Å². The van der Waals surface area contributed by atoms with Crippen LogP contribution in [0.15, 0.2) is 16.6 Å². The normalized spacial score (nSPS) is 15.7. The Morgan fingerprint density at radius 3 is 2.81 bits per heavy atom. The fraction of sp³-hybridized carbons (Fsp3) is 0.500. The maximum Gasteiger partial charge on any atom is 0.156 e. The highest BCUT2D eigenvalue weighted by atomic mass is 79.9.